The Morgan fingerprint density at radius 3 is 2.82 bits per heavy atom. The lowest BCUT2D eigenvalue weighted by Crippen LogP contribution is -2.23. The fraction of sp³-hybridized carbons (Fsp3) is 0.636. The first kappa shape index (κ1) is 7.15. The van der Waals surface area contributed by atoms with Crippen molar-refractivity contribution in [2.45, 2.75) is 32.1 Å². The number of fused-ring (bicyclic) bond motifs is 2. The summed E-state index contributed by atoms with van der Waals surface area (Å²) in [6, 6.07) is 0. The van der Waals surface area contributed by atoms with Gasteiger partial charge in [0.2, 0.25) is 0 Å². The molecule has 2 saturated carbocycles. The first-order valence-corrected chi connectivity index (χ1v) is 4.60. The van der Waals surface area contributed by atoms with Gasteiger partial charge in [0, 0.05) is 0 Å². The lowest BCUT2D eigenvalue weighted by molar-refractivity contribution is 0.288. The summed E-state index contributed by atoms with van der Waals surface area (Å²) >= 11 is 0. The summed E-state index contributed by atoms with van der Waals surface area (Å²) < 4.78 is 0. The molecule has 0 heterocycles. The summed E-state index contributed by atoms with van der Waals surface area (Å²) in [7, 11) is 0. The van der Waals surface area contributed by atoms with Crippen LogP contribution in [0.5, 0.6) is 0 Å². The second kappa shape index (κ2) is 2.51. The highest BCUT2D eigenvalue weighted by Crippen LogP contribution is 2.43. The third-order valence-corrected chi connectivity index (χ3v) is 3.18. The largest absolute Gasteiger partial charge is 0.0998 e. The summed E-state index contributed by atoms with van der Waals surface area (Å²) in [5.41, 5.74) is 2.95. The molecule has 0 aliphatic heterocycles. The zero-order valence-corrected chi connectivity index (χ0v) is 7.10. The Balaban J connectivity index is 2.14. The molecule has 0 aromatic carbocycles. The lowest BCUT2D eigenvalue weighted by atomic mass is 9.69. The molecule has 60 valence electrons. The summed E-state index contributed by atoms with van der Waals surface area (Å²) in [4.78, 5) is 0. The van der Waals surface area contributed by atoms with E-state index in [9.17, 15) is 0 Å². The minimum Gasteiger partial charge on any atom is -0.0998 e. The number of hydrogen-bond donors (Lipinski definition) is 0. The molecular formula is C11H16. The van der Waals surface area contributed by atoms with Crippen LogP contribution >= 0.6 is 0 Å². The SMILES string of the molecule is C=C1CC2CCC(=C)C(C1)C2. The molecule has 11 heavy (non-hydrogen) atoms. The fourth-order valence-electron chi connectivity index (χ4n) is 2.53. The predicted octanol–water partition coefficient (Wildman–Crippen LogP) is 3.31. The quantitative estimate of drug-likeness (QED) is 0.462. The Bertz CT molecular complexity index is 200. The smallest absolute Gasteiger partial charge is 0.0166 e. The monoisotopic (exact) mass is 148 g/mol. The highest BCUT2D eigenvalue weighted by atomic mass is 14.3. The Morgan fingerprint density at radius 2 is 2.00 bits per heavy atom. The van der Waals surface area contributed by atoms with Gasteiger partial charge in [0.25, 0.3) is 0 Å². The van der Waals surface area contributed by atoms with E-state index in [1.54, 1.807) is 0 Å². The van der Waals surface area contributed by atoms with E-state index in [4.69, 9.17) is 0 Å². The van der Waals surface area contributed by atoms with Crippen LogP contribution in [-0.4, -0.2) is 0 Å². The third-order valence-electron chi connectivity index (χ3n) is 3.18. The molecule has 0 amide bonds. The molecule has 0 N–H and O–H groups in total. The van der Waals surface area contributed by atoms with Crippen molar-refractivity contribution in [3.8, 4) is 0 Å². The molecule has 2 atom stereocenters. The Labute approximate surface area is 69.0 Å². The maximum Gasteiger partial charge on any atom is -0.0166 e. The van der Waals surface area contributed by atoms with Crippen LogP contribution in [0.2, 0.25) is 0 Å². The van der Waals surface area contributed by atoms with Gasteiger partial charge in [-0.2, -0.15) is 0 Å². The van der Waals surface area contributed by atoms with E-state index in [1.165, 1.54) is 43.3 Å². The molecule has 0 aromatic heterocycles. The van der Waals surface area contributed by atoms with Gasteiger partial charge in [0.1, 0.15) is 0 Å². The van der Waals surface area contributed by atoms with Gasteiger partial charge in [-0.1, -0.05) is 24.3 Å². The van der Waals surface area contributed by atoms with Crippen molar-refractivity contribution in [3.05, 3.63) is 24.3 Å². The van der Waals surface area contributed by atoms with Crippen molar-refractivity contribution in [2.75, 3.05) is 0 Å². The van der Waals surface area contributed by atoms with Crippen molar-refractivity contribution in [1.29, 1.82) is 0 Å². The van der Waals surface area contributed by atoms with Gasteiger partial charge in [-0.15, -0.1) is 0 Å². The van der Waals surface area contributed by atoms with Crippen LogP contribution in [0.1, 0.15) is 32.1 Å². The first-order chi connectivity index (χ1) is 5.25. The Morgan fingerprint density at radius 1 is 1.18 bits per heavy atom. The minimum atomic E-state index is 0.801. The molecule has 2 rings (SSSR count). The van der Waals surface area contributed by atoms with Crippen molar-refractivity contribution >= 4 is 0 Å². The van der Waals surface area contributed by atoms with E-state index in [1.807, 2.05) is 0 Å². The molecule has 0 saturated heterocycles. The molecule has 0 radical (unpaired) electrons. The van der Waals surface area contributed by atoms with Gasteiger partial charge in [0.05, 0.1) is 0 Å². The van der Waals surface area contributed by atoms with Crippen molar-refractivity contribution in [3.63, 3.8) is 0 Å². The molecule has 0 spiro atoms. The Kier molecular flexibility index (Phi) is 1.63. The van der Waals surface area contributed by atoms with Crippen LogP contribution in [0.4, 0.5) is 0 Å². The van der Waals surface area contributed by atoms with E-state index in [-0.39, 0.29) is 0 Å². The molecular weight excluding hydrogens is 132 g/mol. The molecule has 0 heteroatoms. The van der Waals surface area contributed by atoms with E-state index in [2.05, 4.69) is 13.2 Å². The second-order valence-corrected chi connectivity index (χ2v) is 4.15. The normalized spacial score (nSPS) is 37.5. The topological polar surface area (TPSA) is 0 Å². The van der Waals surface area contributed by atoms with Crippen LogP contribution in [0.25, 0.3) is 0 Å². The highest BCUT2D eigenvalue weighted by molar-refractivity contribution is 5.15. The van der Waals surface area contributed by atoms with Crippen LogP contribution in [0, 0.1) is 11.8 Å². The van der Waals surface area contributed by atoms with Gasteiger partial charge in [-0.3, -0.25) is 0 Å². The zero-order chi connectivity index (χ0) is 7.84. The zero-order valence-electron chi connectivity index (χ0n) is 7.10. The number of hydrogen-bond acceptors (Lipinski definition) is 0. The van der Waals surface area contributed by atoms with Crippen molar-refractivity contribution in [2.24, 2.45) is 11.8 Å². The maximum absolute atomic E-state index is 4.13. The van der Waals surface area contributed by atoms with Crippen LogP contribution < -0.4 is 0 Å². The van der Waals surface area contributed by atoms with E-state index in [0.29, 0.717) is 0 Å². The molecule has 2 fully saturated rings. The maximum atomic E-state index is 4.13. The summed E-state index contributed by atoms with van der Waals surface area (Å²) in [5.74, 6) is 1.75. The van der Waals surface area contributed by atoms with Gasteiger partial charge in [0.15, 0.2) is 0 Å². The third kappa shape index (κ3) is 1.26. The molecule has 2 bridgehead atoms. The fourth-order valence-corrected chi connectivity index (χ4v) is 2.53. The minimum absolute atomic E-state index is 0.801. The summed E-state index contributed by atoms with van der Waals surface area (Å²) in [6.07, 6.45) is 6.58. The van der Waals surface area contributed by atoms with Crippen LogP contribution in [0.3, 0.4) is 0 Å². The highest BCUT2D eigenvalue weighted by Gasteiger charge is 2.29. The predicted molar refractivity (Wildman–Crippen MR) is 48.3 cm³/mol. The average molecular weight is 148 g/mol. The van der Waals surface area contributed by atoms with E-state index >= 15 is 0 Å². The van der Waals surface area contributed by atoms with Gasteiger partial charge in [-0.05, 0) is 43.9 Å². The molecule has 0 aromatic rings. The molecule has 2 aliphatic rings. The average Bonchev–Trinajstić information content (AvgIpc) is 1.97. The van der Waals surface area contributed by atoms with Crippen LogP contribution in [-0.2, 0) is 0 Å². The molecule has 2 aliphatic carbocycles. The van der Waals surface area contributed by atoms with Gasteiger partial charge in [-0.25, -0.2) is 0 Å². The summed E-state index contributed by atoms with van der Waals surface area (Å²) in [6.45, 7) is 8.22. The number of rotatable bonds is 0. The second-order valence-electron chi connectivity index (χ2n) is 4.15. The van der Waals surface area contributed by atoms with Crippen molar-refractivity contribution in [1.82, 2.24) is 0 Å². The van der Waals surface area contributed by atoms with Gasteiger partial charge >= 0.3 is 0 Å². The van der Waals surface area contributed by atoms with Gasteiger partial charge < -0.3 is 0 Å². The summed E-state index contributed by atoms with van der Waals surface area (Å²) in [5, 5.41) is 0. The van der Waals surface area contributed by atoms with E-state index < -0.39 is 0 Å². The van der Waals surface area contributed by atoms with Crippen molar-refractivity contribution < 1.29 is 0 Å². The standard InChI is InChI=1S/C11H16/c1-8-5-10-4-3-9(2)11(6-8)7-10/h10-11H,1-7H2. The first-order valence-electron chi connectivity index (χ1n) is 4.60. The number of allylic oxidation sites excluding steroid dienone is 2. The van der Waals surface area contributed by atoms with Crippen LogP contribution in [0.15, 0.2) is 24.3 Å². The molecule has 0 nitrogen and oxygen atoms in total. The Hall–Kier alpha value is -0.520. The molecule has 2 unspecified atom stereocenters. The van der Waals surface area contributed by atoms with E-state index in [0.717, 1.165) is 11.8 Å². The lowest BCUT2D eigenvalue weighted by Gasteiger charge is -2.37.